The van der Waals surface area contributed by atoms with E-state index in [4.69, 9.17) is 0 Å². The molecule has 0 fully saturated rings. The third kappa shape index (κ3) is 10.6. The molecule has 0 atom stereocenters. The van der Waals surface area contributed by atoms with Crippen LogP contribution in [0.2, 0.25) is 0 Å². The Morgan fingerprint density at radius 3 is 1.77 bits per heavy atom. The molecule has 0 aliphatic heterocycles. The van der Waals surface area contributed by atoms with Crippen LogP contribution in [0.3, 0.4) is 0 Å². The standard InChI is InChI=1S/C17H16F3N2O.6FH.Sb/c1-16(2,3)11-8-9-12(14(10-11)22-21)13-6-4-5-7-15(13)23-17(18,19)20;;;;;;;/h4-10H,1-3H3;6*1H;/q+1;;;;;;;+5/p-6. The van der Waals surface area contributed by atoms with E-state index in [0.717, 1.165) is 5.56 Å². The first-order valence-electron chi connectivity index (χ1n) is 7.98. The summed E-state index contributed by atoms with van der Waals surface area (Å²) in [7, 11) is 0. The minimum atomic E-state index is -11.2. The van der Waals surface area contributed by atoms with Crippen molar-refractivity contribution >= 4 is 25.2 Å². The molecular weight excluding hydrogens is 541 g/mol. The molecule has 0 bridgehead atoms. The number of para-hydroxylation sites is 1. The number of hydrogen-bond acceptors (Lipinski definition) is 2. The van der Waals surface area contributed by atoms with Gasteiger partial charge in [0.2, 0.25) is 5.39 Å². The van der Waals surface area contributed by atoms with Gasteiger partial charge in [-0.25, -0.2) is 0 Å². The normalized spacial score (nSPS) is 14.5. The molecule has 0 N–H and O–H groups in total. The van der Waals surface area contributed by atoms with Gasteiger partial charge < -0.3 is 4.74 Å². The van der Waals surface area contributed by atoms with E-state index >= 15 is 0 Å². The molecule has 2 aromatic carbocycles. The molecule has 0 unspecified atom stereocenters. The van der Waals surface area contributed by atoms with E-state index in [1.54, 1.807) is 24.3 Å². The van der Waals surface area contributed by atoms with Crippen molar-refractivity contribution in [3.8, 4) is 16.9 Å². The number of ether oxygens (including phenoxy) is 1. The van der Waals surface area contributed by atoms with Crippen molar-refractivity contribution in [3.05, 3.63) is 53.0 Å². The molecule has 2 rings (SSSR count). The van der Waals surface area contributed by atoms with E-state index in [0.29, 0.717) is 5.56 Å². The Morgan fingerprint density at radius 1 is 0.833 bits per heavy atom. The fourth-order valence-corrected chi connectivity index (χ4v) is 2.21. The van der Waals surface area contributed by atoms with E-state index in [9.17, 15) is 35.4 Å². The quantitative estimate of drug-likeness (QED) is 0.212. The molecular formula is C17H16F9N2OSb. The van der Waals surface area contributed by atoms with Crippen molar-refractivity contribution in [2.24, 2.45) is 0 Å². The van der Waals surface area contributed by atoms with Crippen molar-refractivity contribution < 1.29 is 34.8 Å². The van der Waals surface area contributed by atoms with Gasteiger partial charge in [0, 0.05) is 11.6 Å². The third-order valence-corrected chi connectivity index (χ3v) is 3.37. The average Bonchev–Trinajstić information content (AvgIpc) is 2.49. The zero-order valence-corrected chi connectivity index (χ0v) is 18.2. The molecule has 0 radical (unpaired) electrons. The van der Waals surface area contributed by atoms with Crippen LogP contribution in [-0.2, 0) is 5.41 Å². The summed E-state index contributed by atoms with van der Waals surface area (Å²) in [5, 5.41) is 9.26. The average molecular weight is 557 g/mol. The van der Waals surface area contributed by atoms with Crippen LogP contribution in [0.4, 0.5) is 35.7 Å². The second-order valence-electron chi connectivity index (χ2n) is 7.08. The summed E-state index contributed by atoms with van der Waals surface area (Å²) in [6, 6.07) is 10.8. The van der Waals surface area contributed by atoms with Gasteiger partial charge in [-0.2, -0.15) is 0 Å². The number of nitrogens with zero attached hydrogens (tertiary/aromatic N) is 2. The van der Waals surface area contributed by atoms with Crippen molar-refractivity contribution in [2.75, 3.05) is 0 Å². The van der Waals surface area contributed by atoms with Gasteiger partial charge in [0.25, 0.3) is 0 Å². The van der Waals surface area contributed by atoms with E-state index in [1.807, 2.05) is 20.8 Å². The molecule has 0 spiro atoms. The molecule has 3 nitrogen and oxygen atoms in total. The van der Waals surface area contributed by atoms with Crippen LogP contribution in [-0.4, -0.2) is 25.8 Å². The van der Waals surface area contributed by atoms with Crippen LogP contribution in [0.5, 0.6) is 5.75 Å². The first-order chi connectivity index (χ1) is 13.1. The van der Waals surface area contributed by atoms with E-state index in [1.165, 1.54) is 18.2 Å². The number of diazo groups is 1. The molecule has 0 saturated carbocycles. The van der Waals surface area contributed by atoms with E-state index in [-0.39, 0.29) is 22.4 Å². The Kier molecular flexibility index (Phi) is 6.49. The van der Waals surface area contributed by atoms with Gasteiger partial charge >= 0.3 is 48.4 Å². The van der Waals surface area contributed by atoms with E-state index < -0.39 is 25.8 Å². The van der Waals surface area contributed by atoms with Gasteiger partial charge in [-0.05, 0) is 23.1 Å². The predicted molar refractivity (Wildman–Crippen MR) is 94.4 cm³/mol. The number of halogens is 9. The molecule has 0 aliphatic rings. The molecule has 0 heterocycles. The molecule has 30 heavy (non-hydrogen) atoms. The van der Waals surface area contributed by atoms with Crippen molar-refractivity contribution in [1.82, 2.24) is 0 Å². The third-order valence-electron chi connectivity index (χ3n) is 3.37. The molecule has 0 saturated heterocycles. The van der Waals surface area contributed by atoms with Crippen molar-refractivity contribution in [2.45, 2.75) is 32.5 Å². The van der Waals surface area contributed by atoms with Crippen molar-refractivity contribution in [1.29, 1.82) is 5.39 Å². The number of hydrogen-bond donors (Lipinski definition) is 0. The first kappa shape index (κ1) is 25.9. The molecule has 0 aromatic heterocycles. The Balaban J connectivity index is 0.000000553. The second-order valence-corrected chi connectivity index (χ2v) is 12.6. The topological polar surface area (TPSA) is 37.4 Å². The SMILES string of the molecule is CC(C)(C)c1ccc(-c2ccccc2OC(F)(F)F)c([N+]#N)c1.[F][Sb-]([F])([F])([F])([F])[F]. The van der Waals surface area contributed by atoms with Crippen LogP contribution >= 0.6 is 0 Å². The fourth-order valence-electron chi connectivity index (χ4n) is 2.21. The Bertz CT molecular complexity index is 945. The summed E-state index contributed by atoms with van der Waals surface area (Å²) < 4.78 is 101. The van der Waals surface area contributed by atoms with Gasteiger partial charge in [0.05, 0.1) is 5.56 Å². The Morgan fingerprint density at radius 2 is 1.33 bits per heavy atom. The van der Waals surface area contributed by atoms with Gasteiger partial charge in [-0.15, -0.1) is 13.2 Å². The summed E-state index contributed by atoms with van der Waals surface area (Å²) in [5.74, 6) is -0.339. The fraction of sp³-hybridized carbons (Fsp3) is 0.294. The van der Waals surface area contributed by atoms with Crippen LogP contribution in [0.25, 0.3) is 16.1 Å². The summed E-state index contributed by atoms with van der Waals surface area (Å²) in [6.07, 6.45) is -4.79. The van der Waals surface area contributed by atoms with Gasteiger partial charge in [-0.1, -0.05) is 45.0 Å². The zero-order chi connectivity index (χ0) is 23.7. The minimum absolute atomic E-state index is 0.181. The second kappa shape index (κ2) is 7.52. The van der Waals surface area contributed by atoms with Crippen LogP contribution in [0.15, 0.2) is 42.5 Å². The number of alkyl halides is 3. The maximum absolute atomic E-state index is 12.5. The molecule has 0 aliphatic carbocycles. The van der Waals surface area contributed by atoms with Crippen LogP contribution < -0.4 is 4.74 Å². The number of rotatable bonds is 2. The Hall–Kier alpha value is -2.15. The zero-order valence-electron chi connectivity index (χ0n) is 15.7. The Labute approximate surface area is 168 Å². The van der Waals surface area contributed by atoms with Crippen molar-refractivity contribution in [3.63, 3.8) is 0 Å². The first-order valence-corrected chi connectivity index (χ1v) is 13.8. The monoisotopic (exact) mass is 556 g/mol. The predicted octanol–water partition coefficient (Wildman–Crippen LogP) is 8.17. The molecule has 13 heteroatoms. The van der Waals surface area contributed by atoms with Gasteiger partial charge in [0.1, 0.15) is 5.75 Å². The summed E-state index contributed by atoms with van der Waals surface area (Å²) in [4.78, 5) is 3.22. The van der Waals surface area contributed by atoms with Crippen LogP contribution in [0, 0.1) is 5.39 Å². The van der Waals surface area contributed by atoms with E-state index in [2.05, 4.69) is 9.71 Å². The summed E-state index contributed by atoms with van der Waals surface area (Å²) in [6.45, 7) is 5.97. The summed E-state index contributed by atoms with van der Waals surface area (Å²) in [5.41, 5.74) is 1.48. The summed E-state index contributed by atoms with van der Waals surface area (Å²) >= 11 is -11.2. The number of benzene rings is 2. The molecule has 2 aromatic rings. The van der Waals surface area contributed by atoms with Gasteiger partial charge in [0.15, 0.2) is 4.98 Å². The maximum atomic E-state index is 12.5. The van der Waals surface area contributed by atoms with Crippen LogP contribution in [0.1, 0.15) is 26.3 Å². The molecule has 0 amide bonds. The molecule has 168 valence electrons. The van der Waals surface area contributed by atoms with Gasteiger partial charge in [-0.3, -0.25) is 0 Å².